The first kappa shape index (κ1) is 25.8. The second kappa shape index (κ2) is 10.1. The highest BCUT2D eigenvalue weighted by Gasteiger charge is 2.41. The minimum absolute atomic E-state index is 0.00354. The molecule has 37 heavy (non-hydrogen) atoms. The lowest BCUT2D eigenvalue weighted by Gasteiger charge is -2.33. The number of hydrogen-bond acceptors (Lipinski definition) is 6. The van der Waals surface area contributed by atoms with E-state index in [1.807, 2.05) is 0 Å². The molecule has 12 heteroatoms. The first-order chi connectivity index (χ1) is 17.6. The molecule has 7 nitrogen and oxygen atoms in total. The molecule has 2 N–H and O–H groups in total. The zero-order chi connectivity index (χ0) is 26.3. The van der Waals surface area contributed by atoms with E-state index < -0.39 is 11.7 Å². The average molecular weight is 551 g/mol. The van der Waals surface area contributed by atoms with Crippen molar-refractivity contribution in [2.45, 2.75) is 37.6 Å². The van der Waals surface area contributed by atoms with Crippen LogP contribution >= 0.6 is 23.4 Å². The summed E-state index contributed by atoms with van der Waals surface area (Å²) < 4.78 is 42.0. The topological polar surface area (TPSA) is 87.5 Å². The molecular weight excluding hydrogens is 529 g/mol. The van der Waals surface area contributed by atoms with Crippen molar-refractivity contribution in [2.24, 2.45) is 0 Å². The molecule has 194 valence electrons. The molecule has 0 radical (unpaired) electrons. The van der Waals surface area contributed by atoms with Crippen LogP contribution in [0.25, 0.3) is 17.0 Å². The number of alkyl halides is 3. The van der Waals surface area contributed by atoms with Crippen molar-refractivity contribution in [3.63, 3.8) is 0 Å². The van der Waals surface area contributed by atoms with E-state index in [0.29, 0.717) is 40.8 Å². The van der Waals surface area contributed by atoms with Crippen molar-refractivity contribution in [1.82, 2.24) is 20.0 Å². The van der Waals surface area contributed by atoms with Gasteiger partial charge in [-0.05, 0) is 72.6 Å². The third kappa shape index (κ3) is 5.26. The zero-order valence-electron chi connectivity index (χ0n) is 19.3. The van der Waals surface area contributed by atoms with E-state index in [2.05, 4.69) is 10.4 Å². The number of fused-ring (bicyclic) bond motifs is 1. The van der Waals surface area contributed by atoms with Gasteiger partial charge in [0.1, 0.15) is 0 Å². The molecule has 2 fully saturated rings. The van der Waals surface area contributed by atoms with Gasteiger partial charge in [-0.15, -0.1) is 0 Å². The van der Waals surface area contributed by atoms with E-state index in [0.717, 1.165) is 17.8 Å². The molecule has 3 heterocycles. The van der Waals surface area contributed by atoms with Crippen LogP contribution in [0.15, 0.2) is 47.5 Å². The summed E-state index contributed by atoms with van der Waals surface area (Å²) in [6.07, 6.45) is -0.251. The van der Waals surface area contributed by atoms with Crippen molar-refractivity contribution < 1.29 is 27.9 Å². The van der Waals surface area contributed by atoms with Gasteiger partial charge in [-0.25, -0.2) is 0 Å². The maximum atomic E-state index is 13.5. The molecule has 0 saturated carbocycles. The van der Waals surface area contributed by atoms with Gasteiger partial charge in [0, 0.05) is 22.5 Å². The average Bonchev–Trinajstić information content (AvgIpc) is 3.38. The van der Waals surface area contributed by atoms with Gasteiger partial charge in [0.15, 0.2) is 0 Å². The molecule has 2 atom stereocenters. The fourth-order valence-corrected chi connectivity index (χ4v) is 5.81. The molecule has 2 aliphatic heterocycles. The molecule has 0 aliphatic carbocycles. The number of thioether (sulfide) groups is 1. The predicted molar refractivity (Wildman–Crippen MR) is 135 cm³/mol. The number of carbonyl (C=O) groups excluding carboxylic acids is 2. The predicted octanol–water partition coefficient (Wildman–Crippen LogP) is 4.91. The van der Waals surface area contributed by atoms with Crippen molar-refractivity contribution in [3.05, 3.63) is 69.2 Å². The van der Waals surface area contributed by atoms with Crippen molar-refractivity contribution >= 4 is 51.5 Å². The number of imide groups is 1. The SMILES string of the molecule is O=C1SC(=Cc2ccc3c(cnn3Cc3ccc(Cl)cc3C(F)(F)F)c2)C(=O)N1C1CCNC(CO)C1. The number of aromatic nitrogens is 2. The molecule has 3 aromatic rings. The summed E-state index contributed by atoms with van der Waals surface area (Å²) in [7, 11) is 0. The van der Waals surface area contributed by atoms with E-state index in [4.69, 9.17) is 11.6 Å². The van der Waals surface area contributed by atoms with E-state index in [-0.39, 0.29) is 47.0 Å². The Kier molecular flexibility index (Phi) is 7.06. The van der Waals surface area contributed by atoms with Crippen LogP contribution in [0, 0.1) is 0 Å². The van der Waals surface area contributed by atoms with Crippen LogP contribution in [0.2, 0.25) is 5.02 Å². The summed E-state index contributed by atoms with van der Waals surface area (Å²) in [5.74, 6) is -0.364. The summed E-state index contributed by atoms with van der Waals surface area (Å²) in [5.41, 5.74) is 0.521. The molecule has 5 rings (SSSR count). The van der Waals surface area contributed by atoms with Gasteiger partial charge in [-0.2, -0.15) is 18.3 Å². The van der Waals surface area contributed by atoms with Crippen molar-refractivity contribution in [3.8, 4) is 0 Å². The highest BCUT2D eigenvalue weighted by Crippen LogP contribution is 2.37. The van der Waals surface area contributed by atoms with Crippen LogP contribution in [-0.4, -0.2) is 56.2 Å². The molecule has 2 amide bonds. The smallest absolute Gasteiger partial charge is 0.395 e. The molecule has 2 aromatic carbocycles. The van der Waals surface area contributed by atoms with Gasteiger partial charge in [-0.1, -0.05) is 23.7 Å². The number of nitrogens with one attached hydrogen (secondary N) is 1. The van der Waals surface area contributed by atoms with Crippen LogP contribution in [0.3, 0.4) is 0 Å². The van der Waals surface area contributed by atoms with Crippen LogP contribution in [-0.2, 0) is 17.5 Å². The van der Waals surface area contributed by atoms with Gasteiger partial charge in [0.25, 0.3) is 11.1 Å². The fourth-order valence-electron chi connectivity index (χ4n) is 4.74. The number of nitrogens with zero attached hydrogens (tertiary/aromatic N) is 3. The number of aliphatic hydroxyl groups excluding tert-OH is 1. The van der Waals surface area contributed by atoms with Crippen LogP contribution in [0.4, 0.5) is 18.0 Å². The third-order valence-corrected chi connectivity index (χ3v) is 7.66. The summed E-state index contributed by atoms with van der Waals surface area (Å²) in [4.78, 5) is 27.2. The van der Waals surface area contributed by atoms with Crippen molar-refractivity contribution in [2.75, 3.05) is 13.2 Å². The maximum Gasteiger partial charge on any atom is 0.416 e. The Bertz CT molecular complexity index is 1410. The fraction of sp³-hybridized carbons (Fsp3) is 0.320. The van der Waals surface area contributed by atoms with E-state index in [1.54, 1.807) is 30.5 Å². The molecule has 2 unspecified atom stereocenters. The highest BCUT2D eigenvalue weighted by atomic mass is 35.5. The quantitative estimate of drug-likeness (QED) is 0.439. The number of benzene rings is 2. The normalized spacial score (nSPS) is 22.0. The number of hydrogen-bond donors (Lipinski definition) is 2. The standard InChI is InChI=1S/C25H22ClF3N4O3S/c26-17-3-2-15(20(9-17)25(27,28)29)12-32-21-4-1-14(7-16(21)11-31-32)8-22-23(35)33(24(36)37-22)19-5-6-30-18(10-19)13-34/h1-4,7-9,11,18-19,30,34H,5-6,10,12-13H2. The summed E-state index contributed by atoms with van der Waals surface area (Å²) in [5, 5.41) is 17.2. The second-order valence-electron chi connectivity index (χ2n) is 8.98. The molecule has 1 aromatic heterocycles. The maximum absolute atomic E-state index is 13.5. The Labute approximate surface area is 219 Å². The van der Waals surface area contributed by atoms with Crippen LogP contribution in [0.5, 0.6) is 0 Å². The molecule has 2 saturated heterocycles. The number of carbonyl (C=O) groups is 2. The minimum Gasteiger partial charge on any atom is -0.395 e. The monoisotopic (exact) mass is 550 g/mol. The largest absolute Gasteiger partial charge is 0.416 e. The number of aliphatic hydroxyl groups is 1. The number of amides is 2. The molecule has 2 aliphatic rings. The molecule has 0 bridgehead atoms. The van der Waals surface area contributed by atoms with E-state index in [1.165, 1.54) is 21.7 Å². The first-order valence-corrected chi connectivity index (χ1v) is 12.8. The van der Waals surface area contributed by atoms with Gasteiger partial charge >= 0.3 is 6.18 Å². The van der Waals surface area contributed by atoms with Gasteiger partial charge in [0.05, 0.1) is 35.3 Å². The Balaban J connectivity index is 1.38. The number of halogens is 4. The Morgan fingerprint density at radius 1 is 1.22 bits per heavy atom. The summed E-state index contributed by atoms with van der Waals surface area (Å²) in [6.45, 7) is 0.447. The van der Waals surface area contributed by atoms with Crippen molar-refractivity contribution in [1.29, 1.82) is 0 Å². The lowest BCUT2D eigenvalue weighted by molar-refractivity contribution is -0.138. The Hall–Kier alpha value is -2.86. The minimum atomic E-state index is -4.55. The van der Waals surface area contributed by atoms with Crippen LogP contribution < -0.4 is 5.32 Å². The van der Waals surface area contributed by atoms with E-state index >= 15 is 0 Å². The first-order valence-electron chi connectivity index (χ1n) is 11.6. The lowest BCUT2D eigenvalue weighted by Crippen LogP contribution is -2.50. The third-order valence-electron chi connectivity index (χ3n) is 6.54. The summed E-state index contributed by atoms with van der Waals surface area (Å²) >= 11 is 6.66. The van der Waals surface area contributed by atoms with Gasteiger partial charge < -0.3 is 10.4 Å². The molecular formula is C25H22ClF3N4O3S. The number of piperidine rings is 1. The second-order valence-corrected chi connectivity index (χ2v) is 10.4. The molecule has 0 spiro atoms. The van der Waals surface area contributed by atoms with Gasteiger partial charge in [-0.3, -0.25) is 19.2 Å². The van der Waals surface area contributed by atoms with Crippen LogP contribution in [0.1, 0.15) is 29.5 Å². The van der Waals surface area contributed by atoms with E-state index in [9.17, 15) is 27.9 Å². The Morgan fingerprint density at radius 2 is 2.03 bits per heavy atom. The Morgan fingerprint density at radius 3 is 2.78 bits per heavy atom. The zero-order valence-corrected chi connectivity index (χ0v) is 20.9. The lowest BCUT2D eigenvalue weighted by atomic mass is 9.98. The number of rotatable bonds is 5. The van der Waals surface area contributed by atoms with Gasteiger partial charge in [0.2, 0.25) is 0 Å². The summed E-state index contributed by atoms with van der Waals surface area (Å²) in [6, 6.07) is 8.45. The highest BCUT2D eigenvalue weighted by molar-refractivity contribution is 8.18.